The van der Waals surface area contributed by atoms with E-state index in [-0.39, 0.29) is 18.9 Å². The van der Waals surface area contributed by atoms with Gasteiger partial charge in [0.05, 0.1) is 13.2 Å². The first kappa shape index (κ1) is 18.8. The van der Waals surface area contributed by atoms with Crippen molar-refractivity contribution in [3.05, 3.63) is 64.9 Å². The fourth-order valence-corrected chi connectivity index (χ4v) is 4.08. The zero-order valence-corrected chi connectivity index (χ0v) is 15.3. The van der Waals surface area contributed by atoms with E-state index in [1.807, 2.05) is 36.4 Å². The van der Waals surface area contributed by atoms with Gasteiger partial charge in [-0.15, -0.1) is 0 Å². The van der Waals surface area contributed by atoms with Crippen molar-refractivity contribution in [1.29, 1.82) is 0 Å². The zero-order chi connectivity index (χ0) is 18.6. The number of carbonyl (C=O) groups is 1. The second-order valence-corrected chi connectivity index (χ2v) is 7.43. The average molecular weight is 357 g/mol. The zero-order valence-electron chi connectivity index (χ0n) is 15.3. The molecule has 0 bridgehead atoms. The standard InChI is InChI=1S/C21H27NO4/c1-26-20(23)21(24)13-12-19(14-21)22(25,15-17-8-4-2-5-9-17)16-18-10-6-3-7-11-18/h2,4-6,8-11,19,24H,3,7,12-16H2,1H3/t19-,21?,22?/m0/s1. The summed E-state index contributed by atoms with van der Waals surface area (Å²) in [6, 6.07) is 9.36. The van der Waals surface area contributed by atoms with Crippen LogP contribution in [0.15, 0.2) is 54.1 Å². The maximum absolute atomic E-state index is 13.9. The number of benzene rings is 1. The summed E-state index contributed by atoms with van der Waals surface area (Å²) in [6.07, 6.45) is 9.14. The topological polar surface area (TPSA) is 69.6 Å². The molecule has 1 aromatic rings. The van der Waals surface area contributed by atoms with Gasteiger partial charge >= 0.3 is 5.97 Å². The molecule has 26 heavy (non-hydrogen) atoms. The van der Waals surface area contributed by atoms with Crippen LogP contribution in [0.3, 0.4) is 0 Å². The molecule has 0 aromatic heterocycles. The molecule has 2 aliphatic rings. The number of hydroxylamine groups is 3. The molecule has 140 valence electrons. The van der Waals surface area contributed by atoms with Crippen molar-refractivity contribution in [2.45, 2.75) is 50.3 Å². The number of hydrogen-bond donors (Lipinski definition) is 1. The molecule has 2 unspecified atom stereocenters. The molecule has 1 aromatic carbocycles. The molecule has 3 rings (SSSR count). The lowest BCUT2D eigenvalue weighted by Crippen LogP contribution is -2.51. The third-order valence-corrected chi connectivity index (χ3v) is 5.51. The Labute approximate surface area is 154 Å². The lowest BCUT2D eigenvalue weighted by atomic mass is 10.0. The number of aliphatic hydroxyl groups is 1. The minimum absolute atomic E-state index is 0.146. The lowest BCUT2D eigenvalue weighted by molar-refractivity contribution is -0.913. The van der Waals surface area contributed by atoms with Crippen LogP contribution in [0.25, 0.3) is 0 Å². The molecule has 5 nitrogen and oxygen atoms in total. The van der Waals surface area contributed by atoms with Gasteiger partial charge in [-0.1, -0.05) is 48.6 Å². The average Bonchev–Trinajstić information content (AvgIpc) is 3.07. The van der Waals surface area contributed by atoms with E-state index in [9.17, 15) is 15.1 Å². The van der Waals surface area contributed by atoms with Crippen LogP contribution in [0.4, 0.5) is 0 Å². The van der Waals surface area contributed by atoms with Gasteiger partial charge in [-0.3, -0.25) is 0 Å². The Morgan fingerprint density at radius 3 is 2.73 bits per heavy atom. The van der Waals surface area contributed by atoms with E-state index in [0.717, 1.165) is 24.0 Å². The minimum atomic E-state index is -1.54. The fraction of sp³-hybridized carbons (Fsp3) is 0.476. The molecule has 1 saturated carbocycles. The minimum Gasteiger partial charge on any atom is -0.632 e. The number of methoxy groups -OCH3 is 1. The maximum Gasteiger partial charge on any atom is 0.338 e. The highest BCUT2D eigenvalue weighted by molar-refractivity contribution is 5.79. The van der Waals surface area contributed by atoms with Crippen molar-refractivity contribution >= 4 is 5.97 Å². The van der Waals surface area contributed by atoms with Gasteiger partial charge in [0.2, 0.25) is 0 Å². The summed E-state index contributed by atoms with van der Waals surface area (Å²) in [7, 11) is 1.27. The summed E-state index contributed by atoms with van der Waals surface area (Å²) < 4.78 is 4.29. The highest BCUT2D eigenvalue weighted by Gasteiger charge is 2.50. The van der Waals surface area contributed by atoms with Gasteiger partial charge in [0, 0.05) is 24.0 Å². The predicted octanol–water partition coefficient (Wildman–Crippen LogP) is 3.23. The number of hydrogen-bond acceptors (Lipinski definition) is 4. The first-order valence-electron chi connectivity index (χ1n) is 9.23. The van der Waals surface area contributed by atoms with Crippen LogP contribution >= 0.6 is 0 Å². The molecule has 0 radical (unpaired) electrons. The van der Waals surface area contributed by atoms with Gasteiger partial charge in [-0.2, -0.15) is 0 Å². The van der Waals surface area contributed by atoms with Gasteiger partial charge in [0.15, 0.2) is 5.60 Å². The number of esters is 1. The summed E-state index contributed by atoms with van der Waals surface area (Å²) in [6.45, 7) is 0.682. The molecule has 0 heterocycles. The van der Waals surface area contributed by atoms with E-state index in [0.29, 0.717) is 19.5 Å². The molecule has 0 aliphatic heterocycles. The third-order valence-electron chi connectivity index (χ3n) is 5.51. The Bertz CT molecular complexity index is 699. The maximum atomic E-state index is 13.9. The highest BCUT2D eigenvalue weighted by Crippen LogP contribution is 2.39. The van der Waals surface area contributed by atoms with Crippen molar-refractivity contribution in [2.75, 3.05) is 13.7 Å². The summed E-state index contributed by atoms with van der Waals surface area (Å²) in [5, 5.41) is 24.6. The van der Waals surface area contributed by atoms with E-state index in [2.05, 4.69) is 12.2 Å². The number of ether oxygens (including phenoxy) is 1. The number of allylic oxidation sites excluding steroid dienone is 2. The van der Waals surface area contributed by atoms with E-state index in [1.54, 1.807) is 0 Å². The fourth-order valence-electron chi connectivity index (χ4n) is 4.08. The Balaban J connectivity index is 1.84. The van der Waals surface area contributed by atoms with Gasteiger partial charge in [-0.25, -0.2) is 4.79 Å². The molecule has 1 fully saturated rings. The van der Waals surface area contributed by atoms with Crippen molar-refractivity contribution in [3.63, 3.8) is 0 Å². The van der Waals surface area contributed by atoms with Gasteiger partial charge in [-0.05, 0) is 19.3 Å². The van der Waals surface area contributed by atoms with E-state index < -0.39 is 16.2 Å². The van der Waals surface area contributed by atoms with Crippen molar-refractivity contribution < 1.29 is 19.3 Å². The number of carbonyl (C=O) groups excluding carboxylic acids is 1. The van der Waals surface area contributed by atoms with E-state index in [1.165, 1.54) is 7.11 Å². The summed E-state index contributed by atoms with van der Waals surface area (Å²) >= 11 is 0. The van der Waals surface area contributed by atoms with Gasteiger partial charge < -0.3 is 19.7 Å². The third kappa shape index (κ3) is 4.06. The summed E-state index contributed by atoms with van der Waals surface area (Å²) in [5.41, 5.74) is 0.466. The highest BCUT2D eigenvalue weighted by atomic mass is 16.6. The predicted molar refractivity (Wildman–Crippen MR) is 99.7 cm³/mol. The van der Waals surface area contributed by atoms with Gasteiger partial charge in [0.25, 0.3) is 0 Å². The summed E-state index contributed by atoms with van der Waals surface area (Å²) in [4.78, 5) is 12.0. The van der Waals surface area contributed by atoms with Crippen molar-refractivity contribution in [2.24, 2.45) is 0 Å². The van der Waals surface area contributed by atoms with E-state index >= 15 is 0 Å². The van der Waals surface area contributed by atoms with Crippen molar-refractivity contribution in [1.82, 2.24) is 0 Å². The molecular weight excluding hydrogens is 330 g/mol. The monoisotopic (exact) mass is 357 g/mol. The first-order valence-corrected chi connectivity index (χ1v) is 9.23. The van der Waals surface area contributed by atoms with Gasteiger partial charge in [0.1, 0.15) is 13.1 Å². The van der Waals surface area contributed by atoms with Crippen LogP contribution in [0.5, 0.6) is 0 Å². The molecule has 5 heteroatoms. The van der Waals surface area contributed by atoms with E-state index in [4.69, 9.17) is 4.74 Å². The first-order chi connectivity index (χ1) is 12.5. The molecule has 0 spiro atoms. The molecule has 0 saturated heterocycles. The Kier molecular flexibility index (Phi) is 5.61. The molecular formula is C21H27NO4. The molecule has 2 aliphatic carbocycles. The second kappa shape index (κ2) is 7.74. The van der Waals surface area contributed by atoms with Crippen LogP contribution in [-0.4, -0.2) is 41.0 Å². The normalized spacial score (nSPS) is 27.7. The largest absolute Gasteiger partial charge is 0.632 e. The molecule has 1 N–H and O–H groups in total. The quantitative estimate of drug-likeness (QED) is 0.482. The summed E-state index contributed by atoms with van der Waals surface area (Å²) in [5.74, 6) is -0.636. The van der Waals surface area contributed by atoms with Crippen LogP contribution in [0.2, 0.25) is 0 Å². The van der Waals surface area contributed by atoms with Crippen LogP contribution in [-0.2, 0) is 16.1 Å². The molecule has 0 amide bonds. The number of rotatable bonds is 6. The van der Waals surface area contributed by atoms with Crippen molar-refractivity contribution in [3.8, 4) is 0 Å². The Hall–Kier alpha value is -1.95. The Morgan fingerprint density at radius 1 is 1.31 bits per heavy atom. The van der Waals surface area contributed by atoms with Crippen LogP contribution in [0, 0.1) is 5.21 Å². The van der Waals surface area contributed by atoms with Crippen LogP contribution < -0.4 is 0 Å². The van der Waals surface area contributed by atoms with Crippen LogP contribution in [0.1, 0.15) is 37.7 Å². The lowest BCUT2D eigenvalue weighted by Gasteiger charge is -2.48. The number of quaternary nitrogens is 1. The second-order valence-electron chi connectivity index (χ2n) is 7.43. The Morgan fingerprint density at radius 2 is 2.08 bits per heavy atom. The molecule has 3 atom stereocenters. The SMILES string of the molecule is COC(=O)C1(O)CC[C@H]([N+]([O-])(CC2=CCCC=C2)Cc2ccccc2)C1. The number of nitrogens with zero attached hydrogens (tertiary/aromatic N) is 1. The smallest absolute Gasteiger partial charge is 0.338 e.